The summed E-state index contributed by atoms with van der Waals surface area (Å²) in [5, 5.41) is 4.04. The molecule has 1 aliphatic carbocycles. The fourth-order valence-electron chi connectivity index (χ4n) is 2.24. The molecule has 1 fully saturated rings. The Morgan fingerprint density at radius 3 is 2.82 bits per heavy atom. The zero-order chi connectivity index (χ0) is 12.3. The Bertz CT molecular complexity index is 376. The highest BCUT2D eigenvalue weighted by Crippen LogP contribution is 2.34. The topological polar surface area (TPSA) is 12.0 Å². The molecule has 3 heteroatoms. The van der Waals surface area contributed by atoms with Crippen LogP contribution in [0.4, 0.5) is 4.39 Å². The predicted molar refractivity (Wildman–Crippen MR) is 69.9 cm³/mol. The third-order valence-corrected chi connectivity index (χ3v) is 3.64. The predicted octanol–water partition coefficient (Wildman–Crippen LogP) is 3.80. The van der Waals surface area contributed by atoms with Gasteiger partial charge in [-0.1, -0.05) is 37.4 Å². The van der Waals surface area contributed by atoms with Gasteiger partial charge in [-0.05, 0) is 43.0 Å². The van der Waals surface area contributed by atoms with Crippen molar-refractivity contribution in [1.82, 2.24) is 5.32 Å². The van der Waals surface area contributed by atoms with Crippen LogP contribution in [0.3, 0.4) is 0 Å². The zero-order valence-corrected chi connectivity index (χ0v) is 10.9. The highest BCUT2D eigenvalue weighted by molar-refractivity contribution is 6.31. The molecule has 0 aliphatic heterocycles. The van der Waals surface area contributed by atoms with Crippen LogP contribution in [0.2, 0.25) is 5.02 Å². The van der Waals surface area contributed by atoms with Gasteiger partial charge in [-0.15, -0.1) is 0 Å². The number of hydrogen-bond acceptors (Lipinski definition) is 1. The molecule has 1 saturated carbocycles. The number of hydrogen-bond donors (Lipinski definition) is 1. The van der Waals surface area contributed by atoms with Crippen LogP contribution in [-0.4, -0.2) is 12.6 Å². The Kier molecular flexibility index (Phi) is 4.41. The lowest BCUT2D eigenvalue weighted by atomic mass is 10.0. The minimum Gasteiger partial charge on any atom is -0.314 e. The molecule has 1 atom stereocenters. The Labute approximate surface area is 107 Å². The molecule has 1 N–H and O–H groups in total. The smallest absolute Gasteiger partial charge is 0.124 e. The van der Waals surface area contributed by atoms with Crippen molar-refractivity contribution < 1.29 is 4.39 Å². The summed E-state index contributed by atoms with van der Waals surface area (Å²) in [4.78, 5) is 0. The van der Waals surface area contributed by atoms with Gasteiger partial charge < -0.3 is 5.32 Å². The van der Waals surface area contributed by atoms with Crippen LogP contribution in [0.15, 0.2) is 18.2 Å². The summed E-state index contributed by atoms with van der Waals surface area (Å²) in [7, 11) is 0. The second-order valence-corrected chi connectivity index (χ2v) is 5.28. The van der Waals surface area contributed by atoms with E-state index in [9.17, 15) is 4.39 Å². The molecule has 0 bridgehead atoms. The minimum atomic E-state index is -0.263. The third kappa shape index (κ3) is 3.97. The second-order valence-electron chi connectivity index (χ2n) is 4.87. The van der Waals surface area contributed by atoms with Crippen LogP contribution in [0.1, 0.15) is 31.7 Å². The van der Waals surface area contributed by atoms with Crippen molar-refractivity contribution in [3.63, 3.8) is 0 Å². The Balaban J connectivity index is 1.99. The van der Waals surface area contributed by atoms with Crippen LogP contribution in [0, 0.1) is 11.7 Å². The number of benzene rings is 1. The van der Waals surface area contributed by atoms with E-state index in [2.05, 4.69) is 12.2 Å². The Hall–Kier alpha value is -0.600. The largest absolute Gasteiger partial charge is 0.314 e. The molecule has 1 aromatic carbocycles. The summed E-state index contributed by atoms with van der Waals surface area (Å²) in [6.45, 7) is 3.09. The van der Waals surface area contributed by atoms with Gasteiger partial charge in [-0.2, -0.15) is 0 Å². The van der Waals surface area contributed by atoms with E-state index >= 15 is 0 Å². The number of likely N-dealkylation sites (N-methyl/N-ethyl adjacent to an activating group) is 1. The average Bonchev–Trinajstić information content (AvgIpc) is 3.06. The zero-order valence-electron chi connectivity index (χ0n) is 10.2. The van der Waals surface area contributed by atoms with Gasteiger partial charge in [0.1, 0.15) is 5.82 Å². The quantitative estimate of drug-likeness (QED) is 0.815. The lowest BCUT2D eigenvalue weighted by molar-refractivity contribution is 0.466. The van der Waals surface area contributed by atoms with E-state index in [1.807, 2.05) is 0 Å². The van der Waals surface area contributed by atoms with Gasteiger partial charge in [-0.3, -0.25) is 0 Å². The van der Waals surface area contributed by atoms with Crippen molar-refractivity contribution in [2.75, 3.05) is 6.54 Å². The third-order valence-electron chi connectivity index (χ3n) is 3.29. The molecule has 94 valence electrons. The van der Waals surface area contributed by atoms with Gasteiger partial charge in [0.2, 0.25) is 0 Å². The average molecular weight is 256 g/mol. The van der Waals surface area contributed by atoms with Crippen LogP contribution >= 0.6 is 11.6 Å². The minimum absolute atomic E-state index is 0.263. The highest BCUT2D eigenvalue weighted by Gasteiger charge is 2.25. The van der Waals surface area contributed by atoms with E-state index in [1.54, 1.807) is 6.07 Å². The first kappa shape index (κ1) is 12.8. The van der Waals surface area contributed by atoms with Crippen molar-refractivity contribution in [3.8, 4) is 0 Å². The van der Waals surface area contributed by atoms with E-state index in [4.69, 9.17) is 11.6 Å². The van der Waals surface area contributed by atoms with E-state index < -0.39 is 0 Å². The Morgan fingerprint density at radius 2 is 2.24 bits per heavy atom. The summed E-state index contributed by atoms with van der Waals surface area (Å²) in [6, 6.07) is 5.16. The van der Waals surface area contributed by atoms with Gasteiger partial charge in [0, 0.05) is 11.1 Å². The summed E-state index contributed by atoms with van der Waals surface area (Å²) >= 11 is 6.06. The maximum Gasteiger partial charge on any atom is 0.124 e. The highest BCUT2D eigenvalue weighted by atomic mass is 35.5. The Morgan fingerprint density at radius 1 is 1.47 bits per heavy atom. The lowest BCUT2D eigenvalue weighted by Gasteiger charge is -2.18. The van der Waals surface area contributed by atoms with Crippen LogP contribution in [-0.2, 0) is 6.42 Å². The first-order valence-corrected chi connectivity index (χ1v) is 6.74. The van der Waals surface area contributed by atoms with Gasteiger partial charge in [0.25, 0.3) is 0 Å². The monoisotopic (exact) mass is 255 g/mol. The molecule has 1 nitrogen and oxygen atoms in total. The maximum atomic E-state index is 13.0. The van der Waals surface area contributed by atoms with Gasteiger partial charge >= 0.3 is 0 Å². The van der Waals surface area contributed by atoms with E-state index in [1.165, 1.54) is 31.4 Å². The van der Waals surface area contributed by atoms with E-state index in [0.29, 0.717) is 11.1 Å². The molecule has 0 aromatic heterocycles. The number of nitrogens with one attached hydrogen (secondary N) is 1. The molecule has 0 amide bonds. The summed E-state index contributed by atoms with van der Waals surface area (Å²) < 4.78 is 13.0. The fourth-order valence-corrected chi connectivity index (χ4v) is 2.48. The van der Waals surface area contributed by atoms with Crippen molar-refractivity contribution in [3.05, 3.63) is 34.6 Å². The molecule has 0 spiro atoms. The van der Waals surface area contributed by atoms with E-state index in [0.717, 1.165) is 24.4 Å². The number of halogens is 2. The molecular weight excluding hydrogens is 237 g/mol. The van der Waals surface area contributed by atoms with Crippen molar-refractivity contribution >= 4 is 11.6 Å². The van der Waals surface area contributed by atoms with Crippen molar-refractivity contribution in [2.45, 2.75) is 38.6 Å². The number of rotatable bonds is 6. The molecule has 0 heterocycles. The van der Waals surface area contributed by atoms with Crippen molar-refractivity contribution in [2.24, 2.45) is 5.92 Å². The molecule has 1 aliphatic rings. The standard InChI is InChI=1S/C14H19ClFN/c1-2-17-13(7-10-3-4-10)8-11-5-6-12(16)9-14(11)15/h5-6,9-10,13,17H,2-4,7-8H2,1H3. The molecule has 0 radical (unpaired) electrons. The van der Waals surface area contributed by atoms with Gasteiger partial charge in [0.15, 0.2) is 0 Å². The van der Waals surface area contributed by atoms with Crippen LogP contribution in [0.25, 0.3) is 0 Å². The van der Waals surface area contributed by atoms with Crippen LogP contribution in [0.5, 0.6) is 0 Å². The van der Waals surface area contributed by atoms with E-state index in [-0.39, 0.29) is 5.82 Å². The van der Waals surface area contributed by atoms with Crippen LogP contribution < -0.4 is 5.32 Å². The first-order valence-electron chi connectivity index (χ1n) is 6.36. The first-order chi connectivity index (χ1) is 8.19. The van der Waals surface area contributed by atoms with Crippen molar-refractivity contribution in [1.29, 1.82) is 0 Å². The molecule has 0 saturated heterocycles. The summed E-state index contributed by atoms with van der Waals surface area (Å²) in [5.74, 6) is 0.624. The SMILES string of the molecule is CCNC(Cc1ccc(F)cc1Cl)CC1CC1. The molecule has 1 unspecified atom stereocenters. The lowest BCUT2D eigenvalue weighted by Crippen LogP contribution is -2.31. The molecule has 17 heavy (non-hydrogen) atoms. The fraction of sp³-hybridized carbons (Fsp3) is 0.571. The summed E-state index contributed by atoms with van der Waals surface area (Å²) in [6.07, 6.45) is 4.82. The molecule has 1 aromatic rings. The molecular formula is C14H19ClFN. The second kappa shape index (κ2) is 5.83. The maximum absolute atomic E-state index is 13.0. The molecule has 2 rings (SSSR count). The summed E-state index contributed by atoms with van der Waals surface area (Å²) in [5.41, 5.74) is 1.04. The van der Waals surface area contributed by atoms with Gasteiger partial charge in [0.05, 0.1) is 0 Å². The van der Waals surface area contributed by atoms with Gasteiger partial charge in [-0.25, -0.2) is 4.39 Å². The normalized spacial score (nSPS) is 17.1.